The van der Waals surface area contributed by atoms with Crippen molar-refractivity contribution in [3.05, 3.63) is 76.0 Å². The predicted octanol–water partition coefficient (Wildman–Crippen LogP) is 2.74. The molecule has 0 unspecified atom stereocenters. The number of rotatable bonds is 5. The number of carbonyl (C=O) groups is 1. The van der Waals surface area contributed by atoms with Crippen molar-refractivity contribution in [2.45, 2.75) is 32.2 Å². The normalized spacial score (nSPS) is 11.5. The van der Waals surface area contributed by atoms with Gasteiger partial charge in [0.2, 0.25) is 5.91 Å². The molecule has 1 heterocycles. The van der Waals surface area contributed by atoms with E-state index in [9.17, 15) is 14.0 Å². The zero-order valence-corrected chi connectivity index (χ0v) is 14.7. The van der Waals surface area contributed by atoms with Gasteiger partial charge in [0.1, 0.15) is 5.82 Å². The van der Waals surface area contributed by atoms with Crippen LogP contribution in [0.1, 0.15) is 25.1 Å². The quantitative estimate of drug-likeness (QED) is 0.741. The second kappa shape index (κ2) is 7.07. The Hall–Kier alpha value is -3.02. The molecule has 0 spiro atoms. The number of H-pyrrole nitrogens is 1. The standard InChI is InChI=1S/C20H20FN3O2/c1-20(2,12-13-7-9-14(21)10-8-13)22-18(25)11-17-15-5-3-4-6-16(15)19(26)24-23-17/h3-10H,11-12H2,1-2H3,(H,22,25)(H,24,26). The number of nitrogens with one attached hydrogen (secondary N) is 2. The van der Waals surface area contributed by atoms with Gasteiger partial charge in [-0.3, -0.25) is 9.59 Å². The zero-order valence-electron chi connectivity index (χ0n) is 14.7. The number of hydrogen-bond acceptors (Lipinski definition) is 3. The van der Waals surface area contributed by atoms with Crippen LogP contribution in [0.3, 0.4) is 0 Å². The first kappa shape index (κ1) is 17.8. The van der Waals surface area contributed by atoms with Gasteiger partial charge in [-0.1, -0.05) is 30.3 Å². The summed E-state index contributed by atoms with van der Waals surface area (Å²) in [5, 5.41) is 10.6. The minimum atomic E-state index is -0.507. The molecule has 3 rings (SSSR count). The fourth-order valence-electron chi connectivity index (χ4n) is 3.04. The highest BCUT2D eigenvalue weighted by Crippen LogP contribution is 2.16. The van der Waals surface area contributed by atoms with E-state index in [4.69, 9.17) is 0 Å². The summed E-state index contributed by atoms with van der Waals surface area (Å²) in [6, 6.07) is 13.3. The Morgan fingerprint density at radius 1 is 1.12 bits per heavy atom. The number of benzene rings is 2. The molecule has 0 atom stereocenters. The van der Waals surface area contributed by atoms with Crippen molar-refractivity contribution >= 4 is 16.7 Å². The summed E-state index contributed by atoms with van der Waals surface area (Å²) < 4.78 is 13.0. The molecular formula is C20H20FN3O2. The van der Waals surface area contributed by atoms with Gasteiger partial charge in [0.25, 0.3) is 5.56 Å². The third-order valence-corrected chi connectivity index (χ3v) is 4.14. The number of halogens is 1. The monoisotopic (exact) mass is 353 g/mol. The van der Waals surface area contributed by atoms with Crippen LogP contribution in [0.4, 0.5) is 4.39 Å². The van der Waals surface area contributed by atoms with Crippen molar-refractivity contribution < 1.29 is 9.18 Å². The topological polar surface area (TPSA) is 74.8 Å². The summed E-state index contributed by atoms with van der Waals surface area (Å²) >= 11 is 0. The SMILES string of the molecule is CC(C)(Cc1ccc(F)cc1)NC(=O)Cc1n[nH]c(=O)c2ccccc12. The van der Waals surface area contributed by atoms with Crippen molar-refractivity contribution in [3.63, 3.8) is 0 Å². The Balaban J connectivity index is 1.73. The molecule has 6 heteroatoms. The number of carbonyl (C=O) groups excluding carboxylic acids is 1. The second-order valence-electron chi connectivity index (χ2n) is 6.96. The lowest BCUT2D eigenvalue weighted by atomic mass is 9.94. The van der Waals surface area contributed by atoms with Crippen LogP contribution in [-0.2, 0) is 17.6 Å². The van der Waals surface area contributed by atoms with Crippen molar-refractivity contribution in [1.82, 2.24) is 15.5 Å². The van der Waals surface area contributed by atoms with E-state index >= 15 is 0 Å². The molecule has 0 aliphatic rings. The number of fused-ring (bicyclic) bond motifs is 1. The Kier molecular flexibility index (Phi) is 4.84. The summed E-state index contributed by atoms with van der Waals surface area (Å²) in [5.41, 5.74) is 0.674. The highest BCUT2D eigenvalue weighted by Gasteiger charge is 2.22. The molecular weight excluding hydrogens is 333 g/mol. The molecule has 1 amide bonds. The summed E-state index contributed by atoms with van der Waals surface area (Å²) in [7, 11) is 0. The van der Waals surface area contributed by atoms with Crippen molar-refractivity contribution in [2.24, 2.45) is 0 Å². The zero-order chi connectivity index (χ0) is 18.7. The van der Waals surface area contributed by atoms with E-state index in [-0.39, 0.29) is 23.7 Å². The third-order valence-electron chi connectivity index (χ3n) is 4.14. The molecule has 0 radical (unpaired) electrons. The molecule has 0 aliphatic heterocycles. The van der Waals surface area contributed by atoms with Crippen LogP contribution in [0.2, 0.25) is 0 Å². The molecule has 134 valence electrons. The Morgan fingerprint density at radius 3 is 2.46 bits per heavy atom. The number of hydrogen-bond donors (Lipinski definition) is 2. The van der Waals surface area contributed by atoms with Gasteiger partial charge in [0.05, 0.1) is 17.5 Å². The van der Waals surface area contributed by atoms with Gasteiger partial charge < -0.3 is 5.32 Å². The first-order valence-corrected chi connectivity index (χ1v) is 8.36. The molecule has 0 saturated carbocycles. The van der Waals surface area contributed by atoms with Crippen LogP contribution in [0.5, 0.6) is 0 Å². The first-order chi connectivity index (χ1) is 12.3. The molecule has 0 bridgehead atoms. The number of nitrogens with zero attached hydrogens (tertiary/aromatic N) is 1. The van der Waals surface area contributed by atoms with Crippen LogP contribution in [0.25, 0.3) is 10.8 Å². The van der Waals surface area contributed by atoms with Gasteiger partial charge in [0.15, 0.2) is 0 Å². The molecule has 26 heavy (non-hydrogen) atoms. The van der Waals surface area contributed by atoms with Gasteiger partial charge in [-0.2, -0.15) is 5.10 Å². The maximum Gasteiger partial charge on any atom is 0.272 e. The molecule has 0 aliphatic carbocycles. The maximum atomic E-state index is 13.0. The minimum absolute atomic E-state index is 0.0597. The molecule has 2 aromatic carbocycles. The summed E-state index contributed by atoms with van der Waals surface area (Å²) in [6.45, 7) is 3.82. The fourth-order valence-corrected chi connectivity index (χ4v) is 3.04. The highest BCUT2D eigenvalue weighted by atomic mass is 19.1. The average molecular weight is 353 g/mol. The molecule has 5 nitrogen and oxygen atoms in total. The molecule has 2 N–H and O–H groups in total. The largest absolute Gasteiger partial charge is 0.351 e. The summed E-state index contributed by atoms with van der Waals surface area (Å²) in [5.74, 6) is -0.478. The summed E-state index contributed by atoms with van der Waals surface area (Å²) in [4.78, 5) is 24.3. The predicted molar refractivity (Wildman–Crippen MR) is 98.4 cm³/mol. The molecule has 1 aromatic heterocycles. The highest BCUT2D eigenvalue weighted by molar-refractivity contribution is 5.88. The Morgan fingerprint density at radius 2 is 1.77 bits per heavy atom. The van der Waals surface area contributed by atoms with Crippen LogP contribution in [0.15, 0.2) is 53.3 Å². The van der Waals surface area contributed by atoms with Crippen molar-refractivity contribution in [3.8, 4) is 0 Å². The fraction of sp³-hybridized carbons (Fsp3) is 0.250. The van der Waals surface area contributed by atoms with Crippen molar-refractivity contribution in [2.75, 3.05) is 0 Å². The van der Waals surface area contributed by atoms with E-state index in [1.54, 1.807) is 30.3 Å². The van der Waals surface area contributed by atoms with E-state index < -0.39 is 5.54 Å². The lowest BCUT2D eigenvalue weighted by molar-refractivity contribution is -0.122. The Labute approximate surface area is 150 Å². The van der Waals surface area contributed by atoms with E-state index in [0.29, 0.717) is 22.9 Å². The van der Waals surface area contributed by atoms with Gasteiger partial charge >= 0.3 is 0 Å². The number of aromatic nitrogens is 2. The second-order valence-corrected chi connectivity index (χ2v) is 6.96. The van der Waals surface area contributed by atoms with E-state index in [2.05, 4.69) is 15.5 Å². The molecule has 3 aromatic rings. The average Bonchev–Trinajstić information content (AvgIpc) is 2.59. The van der Waals surface area contributed by atoms with Crippen LogP contribution >= 0.6 is 0 Å². The Bertz CT molecular complexity index is 994. The smallest absolute Gasteiger partial charge is 0.272 e. The van der Waals surface area contributed by atoms with Gasteiger partial charge in [-0.05, 0) is 44.0 Å². The van der Waals surface area contributed by atoms with Crippen LogP contribution < -0.4 is 10.9 Å². The molecule has 0 saturated heterocycles. The number of amides is 1. The number of aromatic amines is 1. The lowest BCUT2D eigenvalue weighted by Crippen LogP contribution is -2.45. The third kappa shape index (κ3) is 4.14. The van der Waals surface area contributed by atoms with Crippen LogP contribution in [0, 0.1) is 5.82 Å². The summed E-state index contributed by atoms with van der Waals surface area (Å²) in [6.07, 6.45) is 0.628. The van der Waals surface area contributed by atoms with Gasteiger partial charge in [-0.25, -0.2) is 9.49 Å². The first-order valence-electron chi connectivity index (χ1n) is 8.36. The van der Waals surface area contributed by atoms with Crippen molar-refractivity contribution in [1.29, 1.82) is 0 Å². The molecule has 0 fully saturated rings. The van der Waals surface area contributed by atoms with E-state index in [1.807, 2.05) is 19.9 Å². The van der Waals surface area contributed by atoms with Gasteiger partial charge in [-0.15, -0.1) is 0 Å². The van der Waals surface area contributed by atoms with E-state index in [0.717, 1.165) is 5.56 Å². The van der Waals surface area contributed by atoms with E-state index in [1.165, 1.54) is 12.1 Å². The van der Waals surface area contributed by atoms with Gasteiger partial charge in [0, 0.05) is 10.9 Å². The van der Waals surface area contributed by atoms with Crippen LogP contribution in [-0.4, -0.2) is 21.6 Å². The maximum absolute atomic E-state index is 13.0. The minimum Gasteiger partial charge on any atom is -0.351 e. The lowest BCUT2D eigenvalue weighted by Gasteiger charge is -2.26.